The number of aryl methyl sites for hydroxylation is 2. The molecule has 0 saturated carbocycles. The number of anilines is 1. The van der Waals surface area contributed by atoms with E-state index in [-0.39, 0.29) is 0 Å². The lowest BCUT2D eigenvalue weighted by atomic mass is 10.1. The highest BCUT2D eigenvalue weighted by molar-refractivity contribution is 7.22. The van der Waals surface area contributed by atoms with Gasteiger partial charge in [-0.15, -0.1) is 11.3 Å². The zero-order valence-electron chi connectivity index (χ0n) is 19.1. The summed E-state index contributed by atoms with van der Waals surface area (Å²) in [6, 6.07) is 2.37. The van der Waals surface area contributed by atoms with Gasteiger partial charge in [0, 0.05) is 45.3 Å². The fourth-order valence-corrected chi connectivity index (χ4v) is 4.57. The first-order chi connectivity index (χ1) is 15.5. The predicted octanol–water partition coefficient (Wildman–Crippen LogP) is 3.92. The van der Waals surface area contributed by atoms with Gasteiger partial charge in [0.15, 0.2) is 11.6 Å². The normalized spacial score (nSPS) is 11.7. The van der Waals surface area contributed by atoms with Crippen molar-refractivity contribution in [2.45, 2.75) is 26.8 Å². The Morgan fingerprint density at radius 3 is 2.69 bits per heavy atom. The number of hydrogen-bond acceptors (Lipinski definition) is 8. The molecular weight excluding hydrogens is 426 g/mol. The molecule has 0 bridgehead atoms. The number of fused-ring (bicyclic) bond motifs is 1. The standard InChI is InChI=1S/C22H29N7O2S/c1-14(2)29-9-6-16(27-29)18-15(3)17-19(23-8-11-31-13-12-30-5)25-20(26-22(17)32-18)21-24-7-10-28(21)4/h6-7,9-10,14H,8,11-13H2,1-5H3,(H,23,25,26). The minimum atomic E-state index is 0.309. The first-order valence-corrected chi connectivity index (χ1v) is 11.5. The van der Waals surface area contributed by atoms with Gasteiger partial charge in [-0.1, -0.05) is 0 Å². The highest BCUT2D eigenvalue weighted by Gasteiger charge is 2.20. The van der Waals surface area contributed by atoms with E-state index in [4.69, 9.17) is 24.5 Å². The van der Waals surface area contributed by atoms with Crippen molar-refractivity contribution in [2.75, 3.05) is 38.8 Å². The van der Waals surface area contributed by atoms with E-state index in [0.29, 0.717) is 38.2 Å². The summed E-state index contributed by atoms with van der Waals surface area (Å²) in [4.78, 5) is 16.1. The van der Waals surface area contributed by atoms with Crippen LogP contribution in [0.4, 0.5) is 5.82 Å². The van der Waals surface area contributed by atoms with Crippen molar-refractivity contribution < 1.29 is 9.47 Å². The van der Waals surface area contributed by atoms with Crippen molar-refractivity contribution in [3.63, 3.8) is 0 Å². The van der Waals surface area contributed by atoms with Gasteiger partial charge in [0.1, 0.15) is 16.3 Å². The van der Waals surface area contributed by atoms with Crippen molar-refractivity contribution in [2.24, 2.45) is 7.05 Å². The van der Waals surface area contributed by atoms with Gasteiger partial charge in [-0.05, 0) is 32.4 Å². The molecule has 0 amide bonds. The number of methoxy groups -OCH3 is 1. The quantitative estimate of drug-likeness (QED) is 0.362. The van der Waals surface area contributed by atoms with Gasteiger partial charge < -0.3 is 19.4 Å². The first kappa shape index (κ1) is 22.4. The summed E-state index contributed by atoms with van der Waals surface area (Å²) in [6.45, 7) is 8.68. The van der Waals surface area contributed by atoms with E-state index in [0.717, 1.165) is 38.0 Å². The summed E-state index contributed by atoms with van der Waals surface area (Å²) in [7, 11) is 3.61. The van der Waals surface area contributed by atoms with Crippen molar-refractivity contribution in [1.29, 1.82) is 0 Å². The second-order valence-electron chi connectivity index (χ2n) is 7.80. The van der Waals surface area contributed by atoms with Crippen LogP contribution in [0.5, 0.6) is 0 Å². The van der Waals surface area contributed by atoms with Crippen LogP contribution in [0.2, 0.25) is 0 Å². The van der Waals surface area contributed by atoms with Crippen molar-refractivity contribution in [3.8, 4) is 22.2 Å². The number of imidazole rings is 1. The Morgan fingerprint density at radius 2 is 2.00 bits per heavy atom. The van der Waals surface area contributed by atoms with Crippen LogP contribution < -0.4 is 5.32 Å². The van der Waals surface area contributed by atoms with Crippen LogP contribution >= 0.6 is 11.3 Å². The maximum absolute atomic E-state index is 5.60. The van der Waals surface area contributed by atoms with Crippen LogP contribution in [0.1, 0.15) is 25.5 Å². The summed E-state index contributed by atoms with van der Waals surface area (Å²) >= 11 is 1.63. The molecule has 170 valence electrons. The smallest absolute Gasteiger partial charge is 0.199 e. The lowest BCUT2D eigenvalue weighted by Crippen LogP contribution is -2.13. The number of thiophene rings is 1. The Morgan fingerprint density at radius 1 is 1.16 bits per heavy atom. The predicted molar refractivity (Wildman–Crippen MR) is 127 cm³/mol. The zero-order chi connectivity index (χ0) is 22.7. The van der Waals surface area contributed by atoms with Gasteiger partial charge in [0.05, 0.1) is 30.1 Å². The molecule has 0 spiro atoms. The molecule has 4 heterocycles. The van der Waals surface area contributed by atoms with E-state index in [9.17, 15) is 0 Å². The Kier molecular flexibility index (Phi) is 6.83. The molecule has 0 aromatic carbocycles. The monoisotopic (exact) mass is 455 g/mol. The van der Waals surface area contributed by atoms with Gasteiger partial charge in [0.2, 0.25) is 0 Å². The van der Waals surface area contributed by atoms with Crippen LogP contribution in [-0.2, 0) is 16.5 Å². The van der Waals surface area contributed by atoms with Crippen LogP contribution in [0.15, 0.2) is 24.7 Å². The van der Waals surface area contributed by atoms with Crippen LogP contribution in [0.3, 0.4) is 0 Å². The summed E-state index contributed by atoms with van der Waals surface area (Å²) in [5, 5.41) is 9.22. The number of nitrogens with zero attached hydrogens (tertiary/aromatic N) is 6. The van der Waals surface area contributed by atoms with E-state index in [1.165, 1.54) is 0 Å². The molecule has 0 saturated heterocycles. The van der Waals surface area contributed by atoms with Crippen LogP contribution in [0.25, 0.3) is 32.4 Å². The second kappa shape index (κ2) is 9.76. The summed E-state index contributed by atoms with van der Waals surface area (Å²) < 4.78 is 14.5. The van der Waals surface area contributed by atoms with E-state index < -0.39 is 0 Å². The minimum Gasteiger partial charge on any atom is -0.382 e. The molecule has 10 heteroatoms. The largest absolute Gasteiger partial charge is 0.382 e. The lowest BCUT2D eigenvalue weighted by Gasteiger charge is -2.10. The molecule has 0 aliphatic rings. The van der Waals surface area contributed by atoms with E-state index in [1.807, 2.05) is 28.7 Å². The zero-order valence-corrected chi connectivity index (χ0v) is 19.9. The molecule has 4 rings (SSSR count). The number of aromatic nitrogens is 6. The van der Waals surface area contributed by atoms with E-state index in [2.05, 4.69) is 37.1 Å². The fourth-order valence-electron chi connectivity index (χ4n) is 3.42. The SMILES string of the molecule is COCCOCCNc1nc(-c2nccn2C)nc2sc(-c3ccn(C(C)C)n3)c(C)c12. The maximum Gasteiger partial charge on any atom is 0.199 e. The molecule has 32 heavy (non-hydrogen) atoms. The van der Waals surface area contributed by atoms with Crippen molar-refractivity contribution in [1.82, 2.24) is 29.3 Å². The van der Waals surface area contributed by atoms with Gasteiger partial charge in [-0.25, -0.2) is 15.0 Å². The van der Waals surface area contributed by atoms with Crippen molar-refractivity contribution >= 4 is 27.4 Å². The Balaban J connectivity index is 1.72. The third-order valence-electron chi connectivity index (χ3n) is 5.15. The molecule has 0 aliphatic heterocycles. The third-order valence-corrected chi connectivity index (χ3v) is 6.36. The van der Waals surface area contributed by atoms with Crippen LogP contribution in [0, 0.1) is 6.92 Å². The number of hydrogen-bond donors (Lipinski definition) is 1. The topological polar surface area (TPSA) is 91.9 Å². The molecule has 1 N–H and O–H groups in total. The number of rotatable bonds is 10. The highest BCUT2D eigenvalue weighted by atomic mass is 32.1. The van der Waals surface area contributed by atoms with Gasteiger partial charge in [-0.2, -0.15) is 5.10 Å². The Labute approximate surface area is 191 Å². The number of nitrogens with one attached hydrogen (secondary N) is 1. The molecule has 0 unspecified atom stereocenters. The van der Waals surface area contributed by atoms with Gasteiger partial charge in [-0.3, -0.25) is 4.68 Å². The molecule has 0 aliphatic carbocycles. The highest BCUT2D eigenvalue weighted by Crippen LogP contribution is 2.40. The second-order valence-corrected chi connectivity index (χ2v) is 8.80. The maximum atomic E-state index is 5.60. The van der Waals surface area contributed by atoms with Gasteiger partial charge in [0.25, 0.3) is 0 Å². The molecule has 4 aromatic heterocycles. The minimum absolute atomic E-state index is 0.309. The summed E-state index contributed by atoms with van der Waals surface area (Å²) in [6.07, 6.45) is 5.66. The molecule has 9 nitrogen and oxygen atoms in total. The molecule has 0 fully saturated rings. The molecule has 4 aromatic rings. The van der Waals surface area contributed by atoms with E-state index >= 15 is 0 Å². The van der Waals surface area contributed by atoms with E-state index in [1.54, 1.807) is 24.6 Å². The Hall–Kier alpha value is -2.82. The average Bonchev–Trinajstić information content (AvgIpc) is 3.49. The third kappa shape index (κ3) is 4.52. The van der Waals surface area contributed by atoms with Gasteiger partial charge >= 0.3 is 0 Å². The lowest BCUT2D eigenvalue weighted by molar-refractivity contribution is 0.0759. The molecular formula is C22H29N7O2S. The summed E-state index contributed by atoms with van der Waals surface area (Å²) in [5.74, 6) is 2.10. The van der Waals surface area contributed by atoms with Crippen LogP contribution in [-0.4, -0.2) is 62.8 Å². The molecule has 0 atom stereocenters. The summed E-state index contributed by atoms with van der Waals surface area (Å²) in [5.41, 5.74) is 2.07. The fraction of sp³-hybridized carbons (Fsp3) is 0.455. The average molecular weight is 456 g/mol. The number of ether oxygens (including phenoxy) is 2. The Bertz CT molecular complexity index is 1190. The van der Waals surface area contributed by atoms with Crippen molar-refractivity contribution in [3.05, 3.63) is 30.2 Å². The molecule has 0 radical (unpaired) electrons. The first-order valence-electron chi connectivity index (χ1n) is 10.6.